The van der Waals surface area contributed by atoms with Crippen molar-refractivity contribution in [3.63, 3.8) is 0 Å². The molecule has 0 spiro atoms. The molecule has 1 aliphatic rings. The summed E-state index contributed by atoms with van der Waals surface area (Å²) in [6, 6.07) is 7.85. The molecular formula is C16H23NO4. The van der Waals surface area contributed by atoms with Crippen LogP contribution in [0.15, 0.2) is 24.3 Å². The van der Waals surface area contributed by atoms with Gasteiger partial charge in [-0.05, 0) is 18.9 Å². The maximum atomic E-state index is 11.6. The van der Waals surface area contributed by atoms with Crippen molar-refractivity contribution in [3.8, 4) is 5.75 Å². The van der Waals surface area contributed by atoms with Gasteiger partial charge in [0.05, 0.1) is 26.9 Å². The summed E-state index contributed by atoms with van der Waals surface area (Å²) in [5.41, 5.74) is 1.06. The fraction of sp³-hybridized carbons (Fsp3) is 0.562. The first-order chi connectivity index (χ1) is 10.2. The number of para-hydroxylation sites is 1. The van der Waals surface area contributed by atoms with Gasteiger partial charge in [-0.25, -0.2) is 0 Å². The molecule has 1 saturated heterocycles. The molecule has 1 aromatic rings. The molecule has 1 aromatic carbocycles. The number of nitrogens with zero attached hydrogens (tertiary/aromatic N) is 1. The van der Waals surface area contributed by atoms with Crippen LogP contribution in [0.3, 0.4) is 0 Å². The molecular weight excluding hydrogens is 270 g/mol. The van der Waals surface area contributed by atoms with Crippen LogP contribution in [0.2, 0.25) is 0 Å². The van der Waals surface area contributed by atoms with Gasteiger partial charge >= 0.3 is 5.97 Å². The molecule has 0 aliphatic carbocycles. The Balaban J connectivity index is 2.04. The van der Waals surface area contributed by atoms with Gasteiger partial charge in [0.15, 0.2) is 0 Å². The van der Waals surface area contributed by atoms with Crippen LogP contribution >= 0.6 is 0 Å². The summed E-state index contributed by atoms with van der Waals surface area (Å²) in [6.07, 6.45) is 2.33. The number of esters is 1. The minimum Gasteiger partial charge on any atom is -0.496 e. The molecule has 0 N–H and O–H groups in total. The Bertz CT molecular complexity index is 457. The van der Waals surface area contributed by atoms with E-state index in [1.54, 1.807) is 7.11 Å². The number of carbonyl (C=O) groups is 1. The standard InChI is InChI=1S/C16H23NO4/c1-19-15-8-4-3-6-13(15)10-17(12-16(18)20-2)11-14-7-5-9-21-14/h3-4,6,8,14H,5,7,9-12H2,1-2H3/t14-/m0/s1. The molecule has 0 amide bonds. The molecule has 5 nitrogen and oxygen atoms in total. The second kappa shape index (κ2) is 8.00. The predicted molar refractivity (Wildman–Crippen MR) is 79.3 cm³/mol. The van der Waals surface area contributed by atoms with E-state index in [9.17, 15) is 4.79 Å². The normalized spacial score (nSPS) is 18.0. The number of methoxy groups -OCH3 is 2. The van der Waals surface area contributed by atoms with Crippen molar-refractivity contribution in [2.75, 3.05) is 33.9 Å². The van der Waals surface area contributed by atoms with E-state index in [2.05, 4.69) is 4.90 Å². The third kappa shape index (κ3) is 4.72. The number of rotatable bonds is 7. The minimum atomic E-state index is -0.233. The smallest absolute Gasteiger partial charge is 0.319 e. The number of hydrogen-bond acceptors (Lipinski definition) is 5. The van der Waals surface area contributed by atoms with E-state index in [1.807, 2.05) is 24.3 Å². The van der Waals surface area contributed by atoms with Crippen molar-refractivity contribution in [2.45, 2.75) is 25.5 Å². The van der Waals surface area contributed by atoms with Gasteiger partial charge < -0.3 is 14.2 Å². The fourth-order valence-electron chi connectivity index (χ4n) is 2.58. The van der Waals surface area contributed by atoms with Gasteiger partial charge in [0.25, 0.3) is 0 Å². The van der Waals surface area contributed by atoms with Crippen LogP contribution in [-0.4, -0.2) is 50.9 Å². The molecule has 21 heavy (non-hydrogen) atoms. The zero-order valence-corrected chi connectivity index (χ0v) is 12.7. The van der Waals surface area contributed by atoms with Gasteiger partial charge in [0.1, 0.15) is 5.75 Å². The maximum Gasteiger partial charge on any atom is 0.319 e. The molecule has 0 aromatic heterocycles. The summed E-state index contributed by atoms with van der Waals surface area (Å²) in [5.74, 6) is 0.600. The van der Waals surface area contributed by atoms with Crippen LogP contribution in [-0.2, 0) is 20.8 Å². The zero-order valence-electron chi connectivity index (χ0n) is 12.7. The quantitative estimate of drug-likeness (QED) is 0.718. The van der Waals surface area contributed by atoms with E-state index in [0.29, 0.717) is 6.54 Å². The van der Waals surface area contributed by atoms with E-state index in [0.717, 1.165) is 37.3 Å². The molecule has 1 aliphatic heterocycles. The Morgan fingerprint density at radius 3 is 2.86 bits per heavy atom. The SMILES string of the molecule is COC(=O)CN(Cc1ccccc1OC)C[C@@H]1CCCO1. The molecule has 2 rings (SSSR count). The molecule has 1 heterocycles. The summed E-state index contributed by atoms with van der Waals surface area (Å²) in [7, 11) is 3.07. The number of ether oxygens (including phenoxy) is 3. The molecule has 1 fully saturated rings. The minimum absolute atomic E-state index is 0.198. The lowest BCUT2D eigenvalue weighted by molar-refractivity contribution is -0.142. The first-order valence-electron chi connectivity index (χ1n) is 7.25. The summed E-state index contributed by atoms with van der Waals surface area (Å²) in [5, 5.41) is 0. The average molecular weight is 293 g/mol. The van der Waals surface area contributed by atoms with Crippen molar-refractivity contribution in [1.82, 2.24) is 4.90 Å². The third-order valence-corrected chi connectivity index (χ3v) is 3.65. The van der Waals surface area contributed by atoms with E-state index in [-0.39, 0.29) is 18.6 Å². The molecule has 0 radical (unpaired) electrons. The van der Waals surface area contributed by atoms with Crippen LogP contribution in [0, 0.1) is 0 Å². The summed E-state index contributed by atoms with van der Waals surface area (Å²) in [6.45, 7) is 2.44. The van der Waals surface area contributed by atoms with Crippen LogP contribution in [0.25, 0.3) is 0 Å². The van der Waals surface area contributed by atoms with Gasteiger partial charge in [-0.3, -0.25) is 9.69 Å². The lowest BCUT2D eigenvalue weighted by Gasteiger charge is -2.24. The van der Waals surface area contributed by atoms with Gasteiger partial charge in [-0.1, -0.05) is 18.2 Å². The van der Waals surface area contributed by atoms with E-state index in [1.165, 1.54) is 7.11 Å². The number of benzene rings is 1. The molecule has 116 valence electrons. The van der Waals surface area contributed by atoms with Gasteiger partial charge in [0, 0.05) is 25.3 Å². The Labute approximate surface area is 125 Å². The number of hydrogen-bond donors (Lipinski definition) is 0. The first-order valence-corrected chi connectivity index (χ1v) is 7.25. The van der Waals surface area contributed by atoms with Crippen LogP contribution in [0.1, 0.15) is 18.4 Å². The fourth-order valence-corrected chi connectivity index (χ4v) is 2.58. The molecule has 5 heteroatoms. The average Bonchev–Trinajstić information content (AvgIpc) is 3.00. The Morgan fingerprint density at radius 2 is 2.19 bits per heavy atom. The largest absolute Gasteiger partial charge is 0.496 e. The highest BCUT2D eigenvalue weighted by molar-refractivity contribution is 5.71. The van der Waals surface area contributed by atoms with Gasteiger partial charge in [-0.15, -0.1) is 0 Å². The third-order valence-electron chi connectivity index (χ3n) is 3.65. The lowest BCUT2D eigenvalue weighted by Crippen LogP contribution is -2.36. The summed E-state index contributed by atoms with van der Waals surface area (Å²) < 4.78 is 15.8. The van der Waals surface area contributed by atoms with Crippen molar-refractivity contribution in [2.24, 2.45) is 0 Å². The molecule has 1 atom stereocenters. The number of carbonyl (C=O) groups excluding carboxylic acids is 1. The monoisotopic (exact) mass is 293 g/mol. The van der Waals surface area contributed by atoms with Crippen molar-refractivity contribution in [3.05, 3.63) is 29.8 Å². The topological polar surface area (TPSA) is 48.0 Å². The van der Waals surface area contributed by atoms with E-state index < -0.39 is 0 Å². The van der Waals surface area contributed by atoms with Crippen molar-refractivity contribution in [1.29, 1.82) is 0 Å². The van der Waals surface area contributed by atoms with Crippen LogP contribution in [0.5, 0.6) is 5.75 Å². The highest BCUT2D eigenvalue weighted by Gasteiger charge is 2.22. The molecule has 0 unspecified atom stereocenters. The second-order valence-corrected chi connectivity index (χ2v) is 5.19. The predicted octanol–water partition coefficient (Wildman–Crippen LogP) is 1.85. The van der Waals surface area contributed by atoms with Crippen molar-refractivity contribution < 1.29 is 19.0 Å². The zero-order chi connectivity index (χ0) is 15.1. The summed E-state index contributed by atoms with van der Waals surface area (Å²) in [4.78, 5) is 13.7. The Morgan fingerprint density at radius 1 is 1.38 bits per heavy atom. The van der Waals surface area contributed by atoms with Crippen LogP contribution in [0.4, 0.5) is 0 Å². The van der Waals surface area contributed by atoms with Gasteiger partial charge in [-0.2, -0.15) is 0 Å². The Kier molecular flexibility index (Phi) is 6.02. The van der Waals surface area contributed by atoms with Crippen molar-refractivity contribution >= 4 is 5.97 Å². The van der Waals surface area contributed by atoms with E-state index >= 15 is 0 Å². The van der Waals surface area contributed by atoms with Gasteiger partial charge in [0.2, 0.25) is 0 Å². The highest BCUT2D eigenvalue weighted by Crippen LogP contribution is 2.21. The highest BCUT2D eigenvalue weighted by atomic mass is 16.5. The second-order valence-electron chi connectivity index (χ2n) is 5.19. The molecule has 0 bridgehead atoms. The summed E-state index contributed by atoms with van der Waals surface area (Å²) >= 11 is 0. The van der Waals surface area contributed by atoms with Crippen LogP contribution < -0.4 is 4.74 Å². The van der Waals surface area contributed by atoms with E-state index in [4.69, 9.17) is 14.2 Å². The molecule has 0 saturated carbocycles. The Hall–Kier alpha value is -1.59. The maximum absolute atomic E-state index is 11.6. The lowest BCUT2D eigenvalue weighted by atomic mass is 10.1. The first kappa shape index (κ1) is 15.8.